The molecule has 2 aromatic carbocycles. The third-order valence-corrected chi connectivity index (χ3v) is 4.22. The van der Waals surface area contributed by atoms with Crippen LogP contribution in [0.25, 0.3) is 0 Å². The second-order valence-corrected chi connectivity index (χ2v) is 7.43. The zero-order valence-corrected chi connectivity index (χ0v) is 15.1. The minimum absolute atomic E-state index is 0.172. The quantitative estimate of drug-likeness (QED) is 0.812. The summed E-state index contributed by atoms with van der Waals surface area (Å²) >= 11 is 0. The SMILES string of the molecule is CC(C)(C)c1ccc(CN(CCCN)Cc2ccc(F)cc2)cc1. The van der Waals surface area contributed by atoms with Gasteiger partial charge in [-0.2, -0.15) is 0 Å². The summed E-state index contributed by atoms with van der Waals surface area (Å²) in [6.07, 6.45) is 0.960. The van der Waals surface area contributed by atoms with Crippen LogP contribution in [-0.4, -0.2) is 18.0 Å². The zero-order chi connectivity index (χ0) is 17.6. The van der Waals surface area contributed by atoms with E-state index in [-0.39, 0.29) is 11.2 Å². The van der Waals surface area contributed by atoms with Crippen LogP contribution in [0.4, 0.5) is 4.39 Å². The first-order valence-electron chi connectivity index (χ1n) is 8.65. The second-order valence-electron chi connectivity index (χ2n) is 7.43. The molecule has 130 valence electrons. The number of nitrogens with two attached hydrogens (primary N) is 1. The average molecular weight is 328 g/mol. The first-order chi connectivity index (χ1) is 11.4. The summed E-state index contributed by atoms with van der Waals surface area (Å²) in [5.74, 6) is -0.190. The van der Waals surface area contributed by atoms with Gasteiger partial charge in [-0.25, -0.2) is 4.39 Å². The Labute approximate surface area is 145 Å². The molecule has 0 heterocycles. The predicted octanol–water partition coefficient (Wildman–Crippen LogP) is 4.47. The van der Waals surface area contributed by atoms with Crippen LogP contribution < -0.4 is 5.73 Å². The van der Waals surface area contributed by atoms with E-state index in [1.807, 2.05) is 12.1 Å². The van der Waals surface area contributed by atoms with Crippen LogP contribution in [0.15, 0.2) is 48.5 Å². The molecule has 0 atom stereocenters. The molecule has 2 nitrogen and oxygen atoms in total. The normalized spacial score (nSPS) is 11.9. The molecule has 0 aliphatic carbocycles. The molecule has 0 spiro atoms. The van der Waals surface area contributed by atoms with Crippen molar-refractivity contribution in [3.05, 3.63) is 71.0 Å². The number of rotatable bonds is 7. The third kappa shape index (κ3) is 5.73. The molecule has 2 aromatic rings. The van der Waals surface area contributed by atoms with E-state index in [9.17, 15) is 4.39 Å². The van der Waals surface area contributed by atoms with Crippen molar-refractivity contribution >= 4 is 0 Å². The van der Waals surface area contributed by atoms with Crippen LogP contribution in [0.2, 0.25) is 0 Å². The summed E-state index contributed by atoms with van der Waals surface area (Å²) < 4.78 is 13.1. The standard InChI is InChI=1S/C21H29FN2/c1-21(2,3)19-9-5-17(6-10-19)15-24(14-4-13-23)16-18-7-11-20(22)12-8-18/h5-12H,4,13-16,23H2,1-3H3. The van der Waals surface area contributed by atoms with Crippen molar-refractivity contribution in [2.75, 3.05) is 13.1 Å². The fourth-order valence-corrected chi connectivity index (χ4v) is 2.75. The lowest BCUT2D eigenvalue weighted by molar-refractivity contribution is 0.255. The molecule has 0 aliphatic rings. The minimum atomic E-state index is -0.190. The van der Waals surface area contributed by atoms with Gasteiger partial charge in [-0.3, -0.25) is 4.90 Å². The maximum Gasteiger partial charge on any atom is 0.123 e. The molecule has 0 fully saturated rings. The molecule has 0 aromatic heterocycles. The lowest BCUT2D eigenvalue weighted by Gasteiger charge is -2.23. The molecule has 2 N–H and O–H groups in total. The lowest BCUT2D eigenvalue weighted by Crippen LogP contribution is -2.25. The van der Waals surface area contributed by atoms with Gasteiger partial charge in [0.1, 0.15) is 5.82 Å². The number of benzene rings is 2. The van der Waals surface area contributed by atoms with Gasteiger partial charge in [-0.1, -0.05) is 57.2 Å². The van der Waals surface area contributed by atoms with Gasteiger partial charge < -0.3 is 5.73 Å². The zero-order valence-electron chi connectivity index (χ0n) is 15.1. The van der Waals surface area contributed by atoms with E-state index >= 15 is 0 Å². The van der Waals surface area contributed by atoms with Crippen molar-refractivity contribution in [1.82, 2.24) is 4.90 Å². The maximum atomic E-state index is 13.1. The maximum absolute atomic E-state index is 13.1. The van der Waals surface area contributed by atoms with E-state index in [1.165, 1.54) is 23.3 Å². The summed E-state index contributed by atoms with van der Waals surface area (Å²) in [7, 11) is 0. The molecule has 0 saturated carbocycles. The Kier molecular flexibility index (Phi) is 6.52. The van der Waals surface area contributed by atoms with Gasteiger partial charge in [0, 0.05) is 19.6 Å². The van der Waals surface area contributed by atoms with E-state index in [2.05, 4.69) is 49.9 Å². The Bertz CT molecular complexity index is 612. The summed E-state index contributed by atoms with van der Waals surface area (Å²) in [5.41, 5.74) is 9.61. The van der Waals surface area contributed by atoms with E-state index in [0.29, 0.717) is 6.54 Å². The van der Waals surface area contributed by atoms with E-state index < -0.39 is 0 Å². The second kappa shape index (κ2) is 8.41. The van der Waals surface area contributed by atoms with Crippen LogP contribution in [0.1, 0.15) is 43.9 Å². The Balaban J connectivity index is 2.06. The summed E-state index contributed by atoms with van der Waals surface area (Å²) in [6.45, 7) is 9.99. The van der Waals surface area contributed by atoms with Gasteiger partial charge in [0.05, 0.1) is 0 Å². The van der Waals surface area contributed by atoms with Gasteiger partial charge in [0.2, 0.25) is 0 Å². The van der Waals surface area contributed by atoms with Crippen molar-refractivity contribution in [2.45, 2.75) is 45.7 Å². The van der Waals surface area contributed by atoms with E-state index in [4.69, 9.17) is 5.73 Å². The van der Waals surface area contributed by atoms with Gasteiger partial charge >= 0.3 is 0 Å². The Morgan fingerprint density at radius 3 is 1.83 bits per heavy atom. The molecule has 0 amide bonds. The highest BCUT2D eigenvalue weighted by Crippen LogP contribution is 2.22. The van der Waals surface area contributed by atoms with Crippen LogP contribution in [0.3, 0.4) is 0 Å². The molecule has 0 radical (unpaired) electrons. The minimum Gasteiger partial charge on any atom is -0.330 e. The van der Waals surface area contributed by atoms with Crippen molar-refractivity contribution in [1.29, 1.82) is 0 Å². The number of hydrogen-bond acceptors (Lipinski definition) is 2. The summed E-state index contributed by atoms with van der Waals surface area (Å²) in [5, 5.41) is 0. The van der Waals surface area contributed by atoms with E-state index in [0.717, 1.165) is 31.6 Å². The van der Waals surface area contributed by atoms with Crippen LogP contribution >= 0.6 is 0 Å². The summed E-state index contributed by atoms with van der Waals surface area (Å²) in [6, 6.07) is 15.6. The highest BCUT2D eigenvalue weighted by atomic mass is 19.1. The number of halogens is 1. The molecule has 24 heavy (non-hydrogen) atoms. The number of hydrogen-bond donors (Lipinski definition) is 1. The van der Waals surface area contributed by atoms with Gasteiger partial charge in [-0.05, 0) is 47.2 Å². The summed E-state index contributed by atoms with van der Waals surface area (Å²) in [4.78, 5) is 2.37. The molecule has 0 bridgehead atoms. The molecule has 0 saturated heterocycles. The van der Waals surface area contributed by atoms with E-state index in [1.54, 1.807) is 0 Å². The van der Waals surface area contributed by atoms with Crippen molar-refractivity contribution in [3.63, 3.8) is 0 Å². The Morgan fingerprint density at radius 2 is 1.38 bits per heavy atom. The van der Waals surface area contributed by atoms with Gasteiger partial charge in [0.15, 0.2) is 0 Å². The topological polar surface area (TPSA) is 29.3 Å². The van der Waals surface area contributed by atoms with Crippen LogP contribution in [0, 0.1) is 5.82 Å². The van der Waals surface area contributed by atoms with Crippen molar-refractivity contribution in [3.8, 4) is 0 Å². The highest BCUT2D eigenvalue weighted by molar-refractivity contribution is 5.27. The van der Waals surface area contributed by atoms with Crippen LogP contribution in [0.5, 0.6) is 0 Å². The van der Waals surface area contributed by atoms with Crippen molar-refractivity contribution in [2.24, 2.45) is 5.73 Å². The monoisotopic (exact) mass is 328 g/mol. The molecule has 0 unspecified atom stereocenters. The molecule has 2 rings (SSSR count). The molecular weight excluding hydrogens is 299 g/mol. The van der Waals surface area contributed by atoms with Gasteiger partial charge in [-0.15, -0.1) is 0 Å². The smallest absolute Gasteiger partial charge is 0.123 e. The number of nitrogens with zero attached hydrogens (tertiary/aromatic N) is 1. The molecule has 0 aliphatic heterocycles. The first-order valence-corrected chi connectivity index (χ1v) is 8.65. The fourth-order valence-electron chi connectivity index (χ4n) is 2.75. The average Bonchev–Trinajstić information content (AvgIpc) is 2.54. The highest BCUT2D eigenvalue weighted by Gasteiger charge is 2.13. The Morgan fingerprint density at radius 1 is 0.875 bits per heavy atom. The first kappa shape index (κ1) is 18.6. The predicted molar refractivity (Wildman–Crippen MR) is 99.3 cm³/mol. The third-order valence-electron chi connectivity index (χ3n) is 4.22. The largest absolute Gasteiger partial charge is 0.330 e. The lowest BCUT2D eigenvalue weighted by atomic mass is 9.87. The molecule has 3 heteroatoms. The Hall–Kier alpha value is -1.71. The van der Waals surface area contributed by atoms with Crippen molar-refractivity contribution < 1.29 is 4.39 Å². The fraction of sp³-hybridized carbons (Fsp3) is 0.429. The van der Waals surface area contributed by atoms with Gasteiger partial charge in [0.25, 0.3) is 0 Å². The molecular formula is C21H29FN2. The van der Waals surface area contributed by atoms with Crippen LogP contribution in [-0.2, 0) is 18.5 Å².